The summed E-state index contributed by atoms with van der Waals surface area (Å²) in [6.07, 6.45) is 3.73. The first-order valence-electron chi connectivity index (χ1n) is 10.5. The molecule has 3 aromatic carbocycles. The van der Waals surface area contributed by atoms with E-state index in [1.165, 1.54) is 44.0 Å². The van der Waals surface area contributed by atoms with Crippen LogP contribution in [-0.4, -0.2) is 20.3 Å². The summed E-state index contributed by atoms with van der Waals surface area (Å²) in [5.74, 6) is 0. The van der Waals surface area contributed by atoms with E-state index in [0.717, 1.165) is 0 Å². The Morgan fingerprint density at radius 3 is 1.77 bits per heavy atom. The van der Waals surface area contributed by atoms with E-state index >= 15 is 0 Å². The maximum atomic E-state index is 11.2. The van der Waals surface area contributed by atoms with E-state index in [-0.39, 0.29) is 0 Å². The minimum absolute atomic E-state index is 0.503. The SMILES string of the molecule is CC=Cc1c(C)n(CC(O)Cn2c3ccccc3c3ccccc32)c2ccccc12. The third kappa shape index (κ3) is 2.94. The quantitative estimate of drug-likeness (QED) is 0.381. The Morgan fingerprint density at radius 1 is 0.733 bits per heavy atom. The van der Waals surface area contributed by atoms with Gasteiger partial charge in [0.1, 0.15) is 0 Å². The fraction of sp³-hybridized carbons (Fsp3) is 0.185. The van der Waals surface area contributed by atoms with Crippen LogP contribution in [0.25, 0.3) is 38.8 Å². The van der Waals surface area contributed by atoms with Crippen molar-refractivity contribution in [1.82, 2.24) is 9.13 Å². The number of allylic oxidation sites excluding steroid dienone is 1. The molecule has 1 unspecified atom stereocenters. The highest BCUT2D eigenvalue weighted by Gasteiger charge is 2.17. The fourth-order valence-corrected chi connectivity index (χ4v) is 4.75. The lowest BCUT2D eigenvalue weighted by atomic mass is 10.1. The normalized spacial score (nSPS) is 13.2. The number of fused-ring (bicyclic) bond motifs is 4. The predicted molar refractivity (Wildman–Crippen MR) is 127 cm³/mol. The molecule has 1 N–H and O–H groups in total. The van der Waals surface area contributed by atoms with Crippen molar-refractivity contribution in [2.45, 2.75) is 33.0 Å². The summed E-state index contributed by atoms with van der Waals surface area (Å²) in [6.45, 7) is 5.30. The van der Waals surface area contributed by atoms with Crippen molar-refractivity contribution in [1.29, 1.82) is 0 Å². The number of aliphatic hydroxyl groups excluding tert-OH is 1. The molecule has 2 aromatic heterocycles. The molecule has 0 fully saturated rings. The van der Waals surface area contributed by atoms with E-state index < -0.39 is 6.10 Å². The summed E-state index contributed by atoms with van der Waals surface area (Å²) in [5.41, 5.74) is 5.93. The molecule has 0 aliphatic heterocycles. The van der Waals surface area contributed by atoms with Gasteiger partial charge in [0.25, 0.3) is 0 Å². The largest absolute Gasteiger partial charge is 0.389 e. The molecule has 3 heteroatoms. The van der Waals surface area contributed by atoms with Gasteiger partial charge < -0.3 is 14.2 Å². The van der Waals surface area contributed by atoms with Gasteiger partial charge in [-0.15, -0.1) is 0 Å². The summed E-state index contributed by atoms with van der Waals surface area (Å²) in [6, 6.07) is 25.3. The molecule has 5 aromatic rings. The molecule has 1 atom stereocenters. The summed E-state index contributed by atoms with van der Waals surface area (Å²) >= 11 is 0. The Labute approximate surface area is 176 Å². The highest BCUT2D eigenvalue weighted by molar-refractivity contribution is 6.07. The molecule has 2 heterocycles. The van der Waals surface area contributed by atoms with Crippen LogP contribution in [0.15, 0.2) is 78.9 Å². The molecule has 3 nitrogen and oxygen atoms in total. The van der Waals surface area contributed by atoms with Crippen molar-refractivity contribution in [3.63, 3.8) is 0 Å². The average molecular weight is 395 g/mol. The first-order valence-corrected chi connectivity index (χ1v) is 10.5. The molecule has 0 aliphatic rings. The van der Waals surface area contributed by atoms with Crippen LogP contribution in [0.4, 0.5) is 0 Å². The van der Waals surface area contributed by atoms with Crippen LogP contribution in [0.5, 0.6) is 0 Å². The van der Waals surface area contributed by atoms with Gasteiger partial charge in [-0.1, -0.05) is 66.7 Å². The monoisotopic (exact) mass is 394 g/mol. The molecule has 0 aliphatic carbocycles. The first kappa shape index (κ1) is 18.7. The average Bonchev–Trinajstić information content (AvgIpc) is 3.22. The van der Waals surface area contributed by atoms with E-state index in [9.17, 15) is 5.11 Å². The van der Waals surface area contributed by atoms with Crippen molar-refractivity contribution < 1.29 is 5.11 Å². The smallest absolute Gasteiger partial charge is 0.0897 e. The van der Waals surface area contributed by atoms with Crippen LogP contribution in [0.2, 0.25) is 0 Å². The van der Waals surface area contributed by atoms with Crippen LogP contribution in [-0.2, 0) is 13.1 Å². The van der Waals surface area contributed by atoms with Gasteiger partial charge >= 0.3 is 0 Å². The zero-order valence-electron chi connectivity index (χ0n) is 17.4. The predicted octanol–water partition coefficient (Wildman–Crippen LogP) is 6.15. The zero-order valence-corrected chi connectivity index (χ0v) is 17.4. The summed E-state index contributed by atoms with van der Waals surface area (Å²) < 4.78 is 4.51. The highest BCUT2D eigenvalue weighted by atomic mass is 16.3. The number of aliphatic hydroxyl groups is 1. The number of para-hydroxylation sites is 3. The second kappa shape index (κ2) is 7.51. The zero-order chi connectivity index (χ0) is 20.7. The van der Waals surface area contributed by atoms with E-state index in [2.05, 4.69) is 101 Å². The van der Waals surface area contributed by atoms with Crippen molar-refractivity contribution >= 4 is 38.8 Å². The van der Waals surface area contributed by atoms with Crippen LogP contribution in [0.3, 0.4) is 0 Å². The highest BCUT2D eigenvalue weighted by Crippen LogP contribution is 2.30. The lowest BCUT2D eigenvalue weighted by Gasteiger charge is -2.17. The number of aromatic nitrogens is 2. The summed E-state index contributed by atoms with van der Waals surface area (Å²) in [7, 11) is 0. The Hall–Kier alpha value is -3.30. The molecule has 0 saturated heterocycles. The topological polar surface area (TPSA) is 30.1 Å². The summed E-state index contributed by atoms with van der Waals surface area (Å²) in [5, 5.41) is 14.9. The van der Waals surface area contributed by atoms with Gasteiger partial charge in [0.15, 0.2) is 0 Å². The summed E-state index contributed by atoms with van der Waals surface area (Å²) in [4.78, 5) is 0. The lowest BCUT2D eigenvalue weighted by Crippen LogP contribution is -2.22. The lowest BCUT2D eigenvalue weighted by molar-refractivity contribution is 0.138. The third-order valence-electron chi connectivity index (χ3n) is 6.08. The first-order chi connectivity index (χ1) is 14.7. The number of hydrogen-bond acceptors (Lipinski definition) is 1. The molecule has 0 radical (unpaired) electrons. The Bertz CT molecular complexity index is 1330. The number of rotatable bonds is 5. The third-order valence-corrected chi connectivity index (χ3v) is 6.08. The van der Waals surface area contributed by atoms with Gasteiger partial charge in [0.2, 0.25) is 0 Å². The van der Waals surface area contributed by atoms with Gasteiger partial charge in [0.05, 0.1) is 19.2 Å². The van der Waals surface area contributed by atoms with E-state index in [1.807, 2.05) is 6.92 Å². The van der Waals surface area contributed by atoms with Crippen molar-refractivity contribution in [3.8, 4) is 0 Å². The van der Waals surface area contributed by atoms with Crippen LogP contribution in [0, 0.1) is 6.92 Å². The Balaban J connectivity index is 1.55. The molecular weight excluding hydrogens is 368 g/mol. The molecule has 0 saturated carbocycles. The molecular formula is C27H26N2O. The number of nitrogens with zero attached hydrogens (tertiary/aromatic N) is 2. The van der Waals surface area contributed by atoms with Crippen LogP contribution < -0.4 is 0 Å². The maximum absolute atomic E-state index is 11.2. The van der Waals surface area contributed by atoms with Crippen LogP contribution >= 0.6 is 0 Å². The van der Waals surface area contributed by atoms with Crippen molar-refractivity contribution in [2.24, 2.45) is 0 Å². The van der Waals surface area contributed by atoms with Gasteiger partial charge in [-0.25, -0.2) is 0 Å². The minimum Gasteiger partial charge on any atom is -0.389 e. The molecule has 5 rings (SSSR count). The second-order valence-corrected chi connectivity index (χ2v) is 7.93. The van der Waals surface area contributed by atoms with Gasteiger partial charge in [0, 0.05) is 44.0 Å². The maximum Gasteiger partial charge on any atom is 0.0897 e. The molecule has 150 valence electrons. The Morgan fingerprint density at radius 2 is 1.20 bits per heavy atom. The second-order valence-electron chi connectivity index (χ2n) is 7.93. The van der Waals surface area contributed by atoms with Crippen molar-refractivity contribution in [2.75, 3.05) is 0 Å². The van der Waals surface area contributed by atoms with E-state index in [1.54, 1.807) is 0 Å². The van der Waals surface area contributed by atoms with Gasteiger partial charge in [-0.05, 0) is 32.0 Å². The molecule has 0 bridgehead atoms. The van der Waals surface area contributed by atoms with Crippen LogP contribution in [0.1, 0.15) is 18.2 Å². The standard InChI is InChI=1S/C27H26N2O/c1-3-10-21-19(2)28(25-14-7-4-11-22(21)25)17-20(30)18-29-26-15-8-5-12-23(26)24-13-6-9-16-27(24)29/h3-16,20,30H,17-18H2,1-2H3. The molecule has 0 amide bonds. The Kier molecular flexibility index (Phi) is 4.68. The van der Waals surface area contributed by atoms with Gasteiger partial charge in [-0.2, -0.15) is 0 Å². The van der Waals surface area contributed by atoms with Gasteiger partial charge in [-0.3, -0.25) is 0 Å². The van der Waals surface area contributed by atoms with E-state index in [0.29, 0.717) is 13.1 Å². The molecule has 0 spiro atoms. The van der Waals surface area contributed by atoms with Crippen molar-refractivity contribution in [3.05, 3.63) is 90.1 Å². The fourth-order valence-electron chi connectivity index (χ4n) is 4.75. The number of benzene rings is 3. The number of hydrogen-bond donors (Lipinski definition) is 1. The minimum atomic E-state index is -0.503. The van der Waals surface area contributed by atoms with E-state index in [4.69, 9.17) is 0 Å². The molecule has 30 heavy (non-hydrogen) atoms.